The summed E-state index contributed by atoms with van der Waals surface area (Å²) in [5.74, 6) is -0.592. The maximum atomic E-state index is 13.4. The van der Waals surface area contributed by atoms with Crippen LogP contribution >= 0.6 is 0 Å². The first-order chi connectivity index (χ1) is 8.34. The molecule has 0 saturated heterocycles. The fourth-order valence-corrected chi connectivity index (χ4v) is 1.37. The van der Waals surface area contributed by atoms with Crippen molar-refractivity contribution in [1.29, 1.82) is 0 Å². The van der Waals surface area contributed by atoms with Gasteiger partial charge < -0.3 is 10.1 Å². The molecule has 0 bridgehead atoms. The van der Waals surface area contributed by atoms with Gasteiger partial charge in [-0.1, -0.05) is 13.0 Å². The molecule has 1 aromatic rings. The summed E-state index contributed by atoms with van der Waals surface area (Å²) in [6, 6.07) is 4.56. The number of hydrogen-bond donors (Lipinski definition) is 1. The minimum atomic E-state index is -0.455. The molecule has 1 rings (SSSR count). The van der Waals surface area contributed by atoms with Gasteiger partial charge in [0.05, 0.1) is 0 Å². The first kappa shape index (κ1) is 14.5. The van der Waals surface area contributed by atoms with Crippen LogP contribution in [0.25, 0.3) is 0 Å². The number of halogens is 1. The van der Waals surface area contributed by atoms with Crippen LogP contribution in [0, 0.1) is 12.7 Å². The lowest BCUT2D eigenvalue weighted by atomic mass is 10.0. The van der Waals surface area contributed by atoms with Gasteiger partial charge in [0.25, 0.3) is 5.91 Å². The molecular weight excluding hydrogens is 233 g/mol. The van der Waals surface area contributed by atoms with Gasteiger partial charge in [-0.3, -0.25) is 4.79 Å². The van der Waals surface area contributed by atoms with Gasteiger partial charge in [-0.15, -0.1) is 0 Å². The molecule has 1 N–H and O–H groups in total. The van der Waals surface area contributed by atoms with E-state index in [1.807, 2.05) is 27.7 Å². The third-order valence-electron chi connectivity index (χ3n) is 2.81. The van der Waals surface area contributed by atoms with Crippen molar-refractivity contribution >= 4 is 5.91 Å². The molecular formula is C14H20FNO2. The van der Waals surface area contributed by atoms with Crippen LogP contribution in [0.5, 0.6) is 5.75 Å². The van der Waals surface area contributed by atoms with E-state index < -0.39 is 5.82 Å². The Labute approximate surface area is 107 Å². The van der Waals surface area contributed by atoms with Crippen molar-refractivity contribution in [2.24, 2.45) is 0 Å². The second-order valence-electron chi connectivity index (χ2n) is 5.01. The minimum absolute atomic E-state index is 0.111. The molecule has 0 heterocycles. The number of aryl methyl sites for hydroxylation is 1. The second-order valence-corrected chi connectivity index (χ2v) is 5.01. The Balaban J connectivity index is 2.55. The molecule has 0 atom stereocenters. The van der Waals surface area contributed by atoms with Crippen LogP contribution in [0.1, 0.15) is 32.8 Å². The molecule has 3 nitrogen and oxygen atoms in total. The third-order valence-corrected chi connectivity index (χ3v) is 2.81. The Kier molecular flexibility index (Phi) is 4.70. The van der Waals surface area contributed by atoms with Crippen LogP contribution in [0.15, 0.2) is 18.2 Å². The van der Waals surface area contributed by atoms with Gasteiger partial charge in [-0.05, 0) is 44.9 Å². The normalized spacial score (nSPS) is 11.2. The standard InChI is InChI=1S/C14H20FNO2/c1-5-14(3,4)16-13(17)9-18-12-8-10(2)6-7-11(12)15/h6-8H,5,9H2,1-4H3,(H,16,17). The number of nitrogens with one attached hydrogen (secondary N) is 1. The number of benzene rings is 1. The van der Waals surface area contributed by atoms with E-state index in [4.69, 9.17) is 4.74 Å². The number of hydrogen-bond acceptors (Lipinski definition) is 2. The summed E-state index contributed by atoms with van der Waals surface area (Å²) < 4.78 is 18.6. The van der Waals surface area contributed by atoms with Crippen molar-refractivity contribution in [3.8, 4) is 5.75 Å². The molecule has 18 heavy (non-hydrogen) atoms. The van der Waals surface area contributed by atoms with E-state index >= 15 is 0 Å². The average Bonchev–Trinajstić information content (AvgIpc) is 2.30. The maximum absolute atomic E-state index is 13.4. The Morgan fingerprint density at radius 2 is 2.11 bits per heavy atom. The average molecular weight is 253 g/mol. The highest BCUT2D eigenvalue weighted by Gasteiger charge is 2.18. The zero-order chi connectivity index (χ0) is 13.8. The van der Waals surface area contributed by atoms with Crippen LogP contribution < -0.4 is 10.1 Å². The summed E-state index contributed by atoms with van der Waals surface area (Å²) in [5, 5.41) is 2.82. The molecule has 0 aromatic heterocycles. The molecule has 0 radical (unpaired) electrons. The van der Waals surface area contributed by atoms with Gasteiger partial charge >= 0.3 is 0 Å². The molecule has 0 fully saturated rings. The van der Waals surface area contributed by atoms with Crippen LogP contribution in [0.4, 0.5) is 4.39 Å². The van der Waals surface area contributed by atoms with Crippen LogP contribution in [0.3, 0.4) is 0 Å². The molecule has 0 unspecified atom stereocenters. The lowest BCUT2D eigenvalue weighted by Crippen LogP contribution is -2.44. The van der Waals surface area contributed by atoms with E-state index in [0.717, 1.165) is 12.0 Å². The Morgan fingerprint density at radius 1 is 1.44 bits per heavy atom. The summed E-state index contributed by atoms with van der Waals surface area (Å²) in [6.45, 7) is 7.51. The molecule has 1 aromatic carbocycles. The predicted molar refractivity (Wildman–Crippen MR) is 69.1 cm³/mol. The largest absolute Gasteiger partial charge is 0.481 e. The molecule has 0 aliphatic carbocycles. The van der Waals surface area contributed by atoms with E-state index in [-0.39, 0.29) is 23.8 Å². The molecule has 4 heteroatoms. The number of amides is 1. The van der Waals surface area contributed by atoms with Gasteiger partial charge in [0.2, 0.25) is 0 Å². The predicted octanol–water partition coefficient (Wildman–Crippen LogP) is 2.82. The third kappa shape index (κ3) is 4.35. The van der Waals surface area contributed by atoms with Crippen LogP contribution in [-0.2, 0) is 4.79 Å². The molecule has 100 valence electrons. The van der Waals surface area contributed by atoms with Crippen molar-refractivity contribution in [1.82, 2.24) is 5.32 Å². The fourth-order valence-electron chi connectivity index (χ4n) is 1.37. The summed E-state index contributed by atoms with van der Waals surface area (Å²) >= 11 is 0. The topological polar surface area (TPSA) is 38.3 Å². The van der Waals surface area contributed by atoms with Gasteiger partial charge in [0.1, 0.15) is 0 Å². The van der Waals surface area contributed by atoms with Crippen molar-refractivity contribution < 1.29 is 13.9 Å². The van der Waals surface area contributed by atoms with E-state index in [2.05, 4.69) is 5.32 Å². The fraction of sp³-hybridized carbons (Fsp3) is 0.500. The molecule has 0 aliphatic heterocycles. The molecule has 0 aliphatic rings. The Morgan fingerprint density at radius 3 is 2.72 bits per heavy atom. The van der Waals surface area contributed by atoms with Gasteiger partial charge in [0.15, 0.2) is 18.2 Å². The maximum Gasteiger partial charge on any atom is 0.258 e. The first-order valence-corrected chi connectivity index (χ1v) is 6.04. The van der Waals surface area contributed by atoms with Crippen molar-refractivity contribution in [2.75, 3.05) is 6.61 Å². The number of ether oxygens (including phenoxy) is 1. The van der Waals surface area contributed by atoms with Crippen molar-refractivity contribution in [2.45, 2.75) is 39.7 Å². The summed E-state index contributed by atoms with van der Waals surface area (Å²) in [6.07, 6.45) is 0.817. The number of carbonyl (C=O) groups is 1. The van der Waals surface area contributed by atoms with Crippen molar-refractivity contribution in [3.05, 3.63) is 29.6 Å². The lowest BCUT2D eigenvalue weighted by Gasteiger charge is -2.24. The monoisotopic (exact) mass is 253 g/mol. The van der Waals surface area contributed by atoms with E-state index in [9.17, 15) is 9.18 Å². The molecule has 0 spiro atoms. The zero-order valence-electron chi connectivity index (χ0n) is 11.3. The van der Waals surface area contributed by atoms with E-state index in [1.165, 1.54) is 6.07 Å². The number of rotatable bonds is 5. The highest BCUT2D eigenvalue weighted by Crippen LogP contribution is 2.18. The van der Waals surface area contributed by atoms with E-state index in [0.29, 0.717) is 0 Å². The summed E-state index contributed by atoms with van der Waals surface area (Å²) in [5.41, 5.74) is 0.617. The van der Waals surface area contributed by atoms with Crippen LogP contribution in [0.2, 0.25) is 0 Å². The highest BCUT2D eigenvalue weighted by atomic mass is 19.1. The summed E-state index contributed by atoms with van der Waals surface area (Å²) in [7, 11) is 0. The second kappa shape index (κ2) is 5.85. The number of carbonyl (C=O) groups excluding carboxylic acids is 1. The van der Waals surface area contributed by atoms with Crippen molar-refractivity contribution in [3.63, 3.8) is 0 Å². The lowest BCUT2D eigenvalue weighted by molar-refractivity contribution is -0.124. The first-order valence-electron chi connectivity index (χ1n) is 6.04. The highest BCUT2D eigenvalue weighted by molar-refractivity contribution is 5.78. The molecule has 1 amide bonds. The van der Waals surface area contributed by atoms with Crippen LogP contribution in [-0.4, -0.2) is 18.1 Å². The van der Waals surface area contributed by atoms with E-state index in [1.54, 1.807) is 12.1 Å². The Bertz CT molecular complexity index is 430. The summed E-state index contributed by atoms with van der Waals surface area (Å²) in [4.78, 5) is 11.6. The smallest absolute Gasteiger partial charge is 0.258 e. The van der Waals surface area contributed by atoms with Gasteiger partial charge in [-0.25, -0.2) is 4.39 Å². The Hall–Kier alpha value is -1.58. The van der Waals surface area contributed by atoms with Gasteiger partial charge in [-0.2, -0.15) is 0 Å². The van der Waals surface area contributed by atoms with Gasteiger partial charge in [0, 0.05) is 5.54 Å². The molecule has 0 saturated carbocycles. The quantitative estimate of drug-likeness (QED) is 0.876. The minimum Gasteiger partial charge on any atom is -0.481 e. The SMILES string of the molecule is CCC(C)(C)NC(=O)COc1cc(C)ccc1F. The zero-order valence-corrected chi connectivity index (χ0v) is 11.3.